The monoisotopic (exact) mass is 518 g/mol. The van der Waals surface area contributed by atoms with E-state index in [0.717, 1.165) is 19.3 Å². The lowest BCUT2D eigenvalue weighted by Gasteiger charge is -2.36. The summed E-state index contributed by atoms with van der Waals surface area (Å²) in [5, 5.41) is 3.56. The van der Waals surface area contributed by atoms with Crippen molar-refractivity contribution >= 4 is 22.8 Å². The molecule has 0 atom stereocenters. The third-order valence-corrected chi connectivity index (χ3v) is 7.51. The molecule has 2 aliphatic rings. The van der Waals surface area contributed by atoms with Crippen molar-refractivity contribution in [3.8, 4) is 5.82 Å². The summed E-state index contributed by atoms with van der Waals surface area (Å²) in [4.78, 5) is 15.8. The Morgan fingerprint density at radius 1 is 0.947 bits per heavy atom. The number of nitrogens with one attached hydrogen (secondary N) is 1. The van der Waals surface area contributed by atoms with Crippen molar-refractivity contribution in [3.05, 3.63) is 72.1 Å². The van der Waals surface area contributed by atoms with Gasteiger partial charge in [-0.05, 0) is 55.7 Å². The number of morpholine rings is 1. The highest BCUT2D eigenvalue weighted by Crippen LogP contribution is 2.35. The minimum atomic E-state index is -2.73. The molecule has 1 saturated carbocycles. The van der Waals surface area contributed by atoms with Crippen LogP contribution in [0.5, 0.6) is 0 Å². The predicted molar refractivity (Wildman–Crippen MR) is 144 cm³/mol. The fraction of sp³-hybridized carbons (Fsp3) is 0.414. The maximum Gasteiger partial charge on any atom is 0.296 e. The Bertz CT molecular complexity index is 1370. The Morgan fingerprint density at radius 3 is 2.50 bits per heavy atom. The quantitative estimate of drug-likeness (QED) is 0.302. The van der Waals surface area contributed by atoms with Crippen molar-refractivity contribution in [2.24, 2.45) is 5.92 Å². The van der Waals surface area contributed by atoms with Gasteiger partial charge in [0.2, 0.25) is 5.95 Å². The molecular weight excluding hydrogens is 486 g/mol. The molecule has 2 fully saturated rings. The van der Waals surface area contributed by atoms with E-state index in [1.54, 1.807) is 24.3 Å². The van der Waals surface area contributed by atoms with Gasteiger partial charge in [0, 0.05) is 25.2 Å². The van der Waals surface area contributed by atoms with E-state index < -0.39 is 6.43 Å². The number of imidazole rings is 1. The number of ether oxygens (including phenoxy) is 1. The second-order valence-corrected chi connectivity index (χ2v) is 10.2. The number of aromatic nitrogens is 4. The first-order chi connectivity index (χ1) is 18.6. The van der Waals surface area contributed by atoms with Crippen molar-refractivity contribution < 1.29 is 13.5 Å². The molecule has 198 valence electrons. The van der Waals surface area contributed by atoms with Gasteiger partial charge in [-0.2, -0.15) is 9.97 Å². The number of benzene rings is 2. The number of nitrogens with zero attached hydrogens (tertiary/aromatic N) is 5. The number of anilines is 2. The summed E-state index contributed by atoms with van der Waals surface area (Å²) in [7, 11) is 0. The number of rotatable bonds is 9. The molecule has 4 aromatic rings. The predicted octanol–water partition coefficient (Wildman–Crippen LogP) is 5.80. The lowest BCUT2D eigenvalue weighted by molar-refractivity contribution is 0.122. The summed E-state index contributed by atoms with van der Waals surface area (Å²) < 4.78 is 35.1. The summed E-state index contributed by atoms with van der Waals surface area (Å²) in [5.41, 5.74) is 2.50. The fourth-order valence-electron chi connectivity index (χ4n) is 5.48. The van der Waals surface area contributed by atoms with Crippen LogP contribution in [0.4, 0.5) is 20.5 Å². The number of alkyl halides is 2. The van der Waals surface area contributed by atoms with E-state index in [1.807, 2.05) is 11.0 Å². The van der Waals surface area contributed by atoms with Crippen molar-refractivity contribution in [3.63, 3.8) is 0 Å². The van der Waals surface area contributed by atoms with Crippen LogP contribution in [-0.2, 0) is 11.2 Å². The maximum absolute atomic E-state index is 14.1. The van der Waals surface area contributed by atoms with E-state index >= 15 is 0 Å². The van der Waals surface area contributed by atoms with Crippen LogP contribution in [0, 0.1) is 5.92 Å². The molecule has 38 heavy (non-hydrogen) atoms. The summed E-state index contributed by atoms with van der Waals surface area (Å²) in [6.07, 6.45) is 2.93. The van der Waals surface area contributed by atoms with E-state index in [9.17, 15) is 8.78 Å². The van der Waals surface area contributed by atoms with Crippen LogP contribution in [-0.4, -0.2) is 51.9 Å². The number of hydrogen-bond donors (Lipinski definition) is 1. The van der Waals surface area contributed by atoms with E-state index in [4.69, 9.17) is 14.7 Å². The first-order valence-electron chi connectivity index (χ1n) is 13.4. The van der Waals surface area contributed by atoms with E-state index in [-0.39, 0.29) is 5.82 Å². The molecule has 0 radical (unpaired) electrons. The largest absolute Gasteiger partial charge is 0.378 e. The number of hydrogen-bond acceptors (Lipinski definition) is 6. The second kappa shape index (κ2) is 11.0. The molecule has 0 unspecified atom stereocenters. The minimum absolute atomic E-state index is 0.311. The smallest absolute Gasteiger partial charge is 0.296 e. The van der Waals surface area contributed by atoms with E-state index in [0.29, 0.717) is 66.9 Å². The van der Waals surface area contributed by atoms with Gasteiger partial charge in [0.25, 0.3) is 6.43 Å². The highest BCUT2D eigenvalue weighted by Gasteiger charge is 2.30. The average Bonchev–Trinajstić information content (AvgIpc) is 3.33. The molecule has 1 N–H and O–H groups in total. The molecule has 6 rings (SSSR count). The normalized spacial score (nSPS) is 19.6. The number of para-hydroxylation sites is 2. The van der Waals surface area contributed by atoms with Crippen molar-refractivity contribution in [1.82, 2.24) is 19.5 Å². The molecular formula is C29H32F2N6O. The van der Waals surface area contributed by atoms with Gasteiger partial charge in [-0.25, -0.2) is 13.8 Å². The maximum atomic E-state index is 14.1. The Morgan fingerprint density at radius 2 is 1.71 bits per heavy atom. The van der Waals surface area contributed by atoms with Gasteiger partial charge in [0.05, 0.1) is 24.2 Å². The van der Waals surface area contributed by atoms with Crippen molar-refractivity contribution in [2.75, 3.05) is 36.5 Å². The van der Waals surface area contributed by atoms with E-state index in [1.165, 1.54) is 23.0 Å². The zero-order valence-corrected chi connectivity index (χ0v) is 21.3. The summed E-state index contributed by atoms with van der Waals surface area (Å²) in [5.74, 6) is 1.95. The molecule has 2 aromatic carbocycles. The lowest BCUT2D eigenvalue weighted by Crippen LogP contribution is -2.38. The molecule has 1 aliphatic heterocycles. The molecule has 1 saturated heterocycles. The number of halogens is 2. The van der Waals surface area contributed by atoms with Gasteiger partial charge in [-0.1, -0.05) is 42.5 Å². The third kappa shape index (κ3) is 5.34. The van der Waals surface area contributed by atoms with Gasteiger partial charge >= 0.3 is 0 Å². The second-order valence-electron chi connectivity index (χ2n) is 10.2. The van der Waals surface area contributed by atoms with Gasteiger partial charge in [0.15, 0.2) is 5.82 Å². The molecule has 3 heterocycles. The van der Waals surface area contributed by atoms with E-state index in [2.05, 4.69) is 40.6 Å². The summed E-state index contributed by atoms with van der Waals surface area (Å²) >= 11 is 0. The molecule has 9 heteroatoms. The van der Waals surface area contributed by atoms with Gasteiger partial charge in [-0.15, -0.1) is 0 Å². The van der Waals surface area contributed by atoms with Crippen LogP contribution in [0.2, 0.25) is 0 Å². The van der Waals surface area contributed by atoms with Crippen LogP contribution in [0.1, 0.15) is 43.5 Å². The Hall–Kier alpha value is -3.59. The zero-order chi connectivity index (χ0) is 25.9. The number of aryl methyl sites for hydroxylation is 1. The fourth-order valence-corrected chi connectivity index (χ4v) is 5.48. The van der Waals surface area contributed by atoms with Crippen LogP contribution in [0.3, 0.4) is 0 Å². The van der Waals surface area contributed by atoms with Crippen molar-refractivity contribution in [2.45, 2.75) is 44.6 Å². The van der Waals surface area contributed by atoms with Crippen LogP contribution < -0.4 is 10.2 Å². The van der Waals surface area contributed by atoms with Gasteiger partial charge < -0.3 is 15.0 Å². The lowest BCUT2D eigenvalue weighted by atomic mass is 9.77. The first-order valence-corrected chi connectivity index (χ1v) is 13.4. The van der Waals surface area contributed by atoms with Gasteiger partial charge in [-0.3, -0.25) is 4.57 Å². The molecule has 0 amide bonds. The zero-order valence-electron chi connectivity index (χ0n) is 21.3. The highest BCUT2D eigenvalue weighted by molar-refractivity contribution is 5.78. The summed E-state index contributed by atoms with van der Waals surface area (Å²) in [6, 6.07) is 19.9. The number of fused-ring (bicyclic) bond motifs is 1. The molecule has 0 spiro atoms. The first kappa shape index (κ1) is 24.7. The highest BCUT2D eigenvalue weighted by atomic mass is 19.3. The Kier molecular flexibility index (Phi) is 7.18. The van der Waals surface area contributed by atoms with Crippen molar-refractivity contribution in [1.29, 1.82) is 0 Å². The molecule has 7 nitrogen and oxygen atoms in total. The molecule has 2 aromatic heterocycles. The molecule has 1 aliphatic carbocycles. The standard InChI is InChI=1S/C29H32F2N6O/c30-27(31)28-33-23-11-4-5-12-24(23)37(28)26-19-25(34-29(35-26)36-13-15-38-16-14-36)32-22-17-21(18-22)10-6-9-20-7-2-1-3-8-20/h1-5,7-8,11-12,19,21-22,27H,6,9-10,13-18H2,(H,32,34,35). The third-order valence-electron chi connectivity index (χ3n) is 7.51. The summed E-state index contributed by atoms with van der Waals surface area (Å²) in [6.45, 7) is 2.48. The topological polar surface area (TPSA) is 68.1 Å². The minimum Gasteiger partial charge on any atom is -0.378 e. The molecule has 0 bridgehead atoms. The van der Waals surface area contributed by atoms with Gasteiger partial charge in [0.1, 0.15) is 11.6 Å². The van der Waals surface area contributed by atoms with Crippen LogP contribution >= 0.6 is 0 Å². The SMILES string of the molecule is FC(F)c1nc2ccccc2n1-c1cc(NC2CC(CCCc3ccccc3)C2)nc(N2CCOCC2)n1. The Balaban J connectivity index is 1.21. The Labute approximate surface area is 220 Å². The van der Waals surface area contributed by atoms with Crippen LogP contribution in [0.25, 0.3) is 16.9 Å². The van der Waals surface area contributed by atoms with Crippen LogP contribution in [0.15, 0.2) is 60.7 Å². The average molecular weight is 519 g/mol.